The lowest BCUT2D eigenvalue weighted by molar-refractivity contribution is 0.0691. The van der Waals surface area contributed by atoms with Crippen LogP contribution in [0.25, 0.3) is 0 Å². The van der Waals surface area contributed by atoms with Crippen LogP contribution in [0.3, 0.4) is 0 Å². The van der Waals surface area contributed by atoms with Gasteiger partial charge in [0.05, 0.1) is 0 Å². The summed E-state index contributed by atoms with van der Waals surface area (Å²) >= 11 is 1.10. The Hall–Kier alpha value is -1.43. The molecule has 1 aromatic rings. The molecule has 0 spiro atoms. The molecule has 1 amide bonds. The van der Waals surface area contributed by atoms with E-state index in [1.807, 2.05) is 0 Å². The van der Waals surface area contributed by atoms with Crippen LogP contribution in [0.2, 0.25) is 0 Å². The van der Waals surface area contributed by atoms with E-state index < -0.39 is 5.97 Å². The highest BCUT2D eigenvalue weighted by Gasteiger charge is 2.21. The molecule has 0 unspecified atom stereocenters. The van der Waals surface area contributed by atoms with Crippen molar-refractivity contribution in [3.63, 3.8) is 0 Å². The number of thiazole rings is 1. The number of hydrogen-bond donors (Lipinski definition) is 1. The maximum Gasteiger partial charge on any atom is 0.355 e. The fraction of sp³-hybridized carbons (Fsp3) is 0.667. The standard InChI is InChI=1S/C15H24N2O3S/c1-10(2)5-7-17(8-6-11(3)4)14(18)13-16-12(9-21-13)15(19)20/h9-11H,5-8H2,1-4H3,(H,19,20). The van der Waals surface area contributed by atoms with Crippen LogP contribution in [0.15, 0.2) is 5.38 Å². The van der Waals surface area contributed by atoms with Gasteiger partial charge in [-0.25, -0.2) is 9.78 Å². The smallest absolute Gasteiger partial charge is 0.355 e. The summed E-state index contributed by atoms with van der Waals surface area (Å²) in [4.78, 5) is 29.1. The van der Waals surface area contributed by atoms with E-state index in [0.717, 1.165) is 24.2 Å². The monoisotopic (exact) mass is 312 g/mol. The molecule has 5 nitrogen and oxygen atoms in total. The molecule has 0 saturated heterocycles. The number of amides is 1. The predicted octanol–water partition coefficient (Wildman–Crippen LogP) is 3.38. The Morgan fingerprint density at radius 3 is 2.10 bits per heavy atom. The minimum absolute atomic E-state index is 0.0592. The summed E-state index contributed by atoms with van der Waals surface area (Å²) in [6, 6.07) is 0. The van der Waals surface area contributed by atoms with Crippen molar-refractivity contribution in [3.05, 3.63) is 16.1 Å². The molecule has 6 heteroatoms. The third-order valence-electron chi connectivity index (χ3n) is 3.15. The summed E-state index contributed by atoms with van der Waals surface area (Å²) in [6.45, 7) is 9.86. The van der Waals surface area contributed by atoms with Crippen LogP contribution in [-0.4, -0.2) is 40.0 Å². The lowest BCUT2D eigenvalue weighted by Gasteiger charge is -2.23. The van der Waals surface area contributed by atoms with Gasteiger partial charge in [0.15, 0.2) is 10.7 Å². The molecule has 118 valence electrons. The molecule has 1 N–H and O–H groups in total. The van der Waals surface area contributed by atoms with E-state index in [-0.39, 0.29) is 16.6 Å². The van der Waals surface area contributed by atoms with Gasteiger partial charge in [0.2, 0.25) is 0 Å². The van der Waals surface area contributed by atoms with Crippen molar-refractivity contribution >= 4 is 23.2 Å². The summed E-state index contributed by atoms with van der Waals surface area (Å²) < 4.78 is 0. The quantitative estimate of drug-likeness (QED) is 0.799. The van der Waals surface area contributed by atoms with Gasteiger partial charge >= 0.3 is 5.97 Å². The highest BCUT2D eigenvalue weighted by atomic mass is 32.1. The van der Waals surface area contributed by atoms with Crippen molar-refractivity contribution in [2.45, 2.75) is 40.5 Å². The largest absolute Gasteiger partial charge is 0.476 e. The Morgan fingerprint density at radius 2 is 1.71 bits per heavy atom. The van der Waals surface area contributed by atoms with E-state index in [1.165, 1.54) is 5.38 Å². The summed E-state index contributed by atoms with van der Waals surface area (Å²) in [5, 5.41) is 10.6. The Bertz CT molecular complexity index is 471. The lowest BCUT2D eigenvalue weighted by Crippen LogP contribution is -2.34. The number of carbonyl (C=O) groups is 2. The number of carboxylic acid groups (broad SMARTS) is 1. The lowest BCUT2D eigenvalue weighted by atomic mass is 10.1. The summed E-state index contributed by atoms with van der Waals surface area (Å²) in [5.41, 5.74) is -0.0592. The SMILES string of the molecule is CC(C)CCN(CCC(C)C)C(=O)c1nc(C(=O)O)cs1. The first kappa shape index (κ1) is 17.6. The second kappa shape index (κ2) is 8.12. The summed E-state index contributed by atoms with van der Waals surface area (Å²) in [7, 11) is 0. The molecule has 0 aliphatic heterocycles. The minimum atomic E-state index is -1.10. The van der Waals surface area contributed by atoms with Gasteiger partial charge in [-0.1, -0.05) is 27.7 Å². The van der Waals surface area contributed by atoms with Crippen LogP contribution in [0.1, 0.15) is 60.8 Å². The zero-order valence-corrected chi connectivity index (χ0v) is 13.9. The molecule has 21 heavy (non-hydrogen) atoms. The highest BCUT2D eigenvalue weighted by Crippen LogP contribution is 2.15. The van der Waals surface area contributed by atoms with Gasteiger partial charge in [-0.15, -0.1) is 11.3 Å². The maximum absolute atomic E-state index is 12.5. The zero-order valence-electron chi connectivity index (χ0n) is 13.1. The van der Waals surface area contributed by atoms with Gasteiger partial charge in [0, 0.05) is 18.5 Å². The molecule has 0 aromatic carbocycles. The normalized spacial score (nSPS) is 11.1. The van der Waals surface area contributed by atoms with E-state index in [1.54, 1.807) is 4.90 Å². The first-order valence-electron chi connectivity index (χ1n) is 7.29. The van der Waals surface area contributed by atoms with Gasteiger partial charge in [-0.3, -0.25) is 4.79 Å². The third-order valence-corrected chi connectivity index (χ3v) is 3.98. The summed E-state index contributed by atoms with van der Waals surface area (Å²) in [5.74, 6) is -0.217. The minimum Gasteiger partial charge on any atom is -0.476 e. The Morgan fingerprint density at radius 1 is 1.19 bits per heavy atom. The Kier molecular flexibility index (Phi) is 6.81. The van der Waals surface area contributed by atoms with Crippen molar-refractivity contribution in [2.75, 3.05) is 13.1 Å². The molecule has 0 atom stereocenters. The van der Waals surface area contributed by atoms with E-state index in [9.17, 15) is 9.59 Å². The number of aromatic nitrogens is 1. The number of carbonyl (C=O) groups excluding carboxylic acids is 1. The van der Waals surface area contributed by atoms with E-state index >= 15 is 0 Å². The molecular formula is C15H24N2O3S. The fourth-order valence-electron chi connectivity index (χ4n) is 1.75. The summed E-state index contributed by atoms with van der Waals surface area (Å²) in [6.07, 6.45) is 1.86. The number of aromatic carboxylic acids is 1. The second-order valence-electron chi connectivity index (χ2n) is 6.00. The molecule has 0 radical (unpaired) electrons. The van der Waals surface area contributed by atoms with Gasteiger partial charge < -0.3 is 10.0 Å². The molecule has 0 aliphatic rings. The van der Waals surface area contributed by atoms with Gasteiger partial charge in [-0.05, 0) is 24.7 Å². The second-order valence-corrected chi connectivity index (χ2v) is 6.86. The average Bonchev–Trinajstić information content (AvgIpc) is 2.87. The van der Waals surface area contributed by atoms with Crippen LogP contribution in [-0.2, 0) is 0 Å². The molecule has 0 fully saturated rings. The van der Waals surface area contributed by atoms with E-state index in [4.69, 9.17) is 5.11 Å². The van der Waals surface area contributed by atoms with Crippen LogP contribution >= 0.6 is 11.3 Å². The van der Waals surface area contributed by atoms with Crippen molar-refractivity contribution in [2.24, 2.45) is 11.8 Å². The molecule has 1 aromatic heterocycles. The molecule has 0 bridgehead atoms. The first-order valence-corrected chi connectivity index (χ1v) is 8.17. The molecule has 1 rings (SSSR count). The molecule has 0 saturated carbocycles. The topological polar surface area (TPSA) is 70.5 Å². The molecule has 1 heterocycles. The van der Waals surface area contributed by atoms with Crippen LogP contribution in [0, 0.1) is 11.8 Å². The van der Waals surface area contributed by atoms with E-state index in [0.29, 0.717) is 24.9 Å². The van der Waals surface area contributed by atoms with Gasteiger partial charge in [-0.2, -0.15) is 0 Å². The Balaban J connectivity index is 2.78. The fourth-order valence-corrected chi connectivity index (χ4v) is 2.51. The Labute approximate surface area is 130 Å². The van der Waals surface area contributed by atoms with Crippen LogP contribution in [0.4, 0.5) is 0 Å². The van der Waals surface area contributed by atoms with Crippen molar-refractivity contribution in [1.82, 2.24) is 9.88 Å². The van der Waals surface area contributed by atoms with Gasteiger partial charge in [0.25, 0.3) is 5.91 Å². The number of carboxylic acids is 1. The molecule has 0 aliphatic carbocycles. The maximum atomic E-state index is 12.5. The number of nitrogens with zero attached hydrogens (tertiary/aromatic N) is 2. The third kappa shape index (κ3) is 5.83. The highest BCUT2D eigenvalue weighted by molar-refractivity contribution is 7.11. The van der Waals surface area contributed by atoms with Crippen molar-refractivity contribution < 1.29 is 14.7 Å². The first-order chi connectivity index (χ1) is 9.81. The van der Waals surface area contributed by atoms with Crippen LogP contribution < -0.4 is 0 Å². The van der Waals surface area contributed by atoms with Crippen molar-refractivity contribution in [3.8, 4) is 0 Å². The van der Waals surface area contributed by atoms with Gasteiger partial charge in [0.1, 0.15) is 0 Å². The van der Waals surface area contributed by atoms with Crippen molar-refractivity contribution in [1.29, 1.82) is 0 Å². The number of hydrogen-bond acceptors (Lipinski definition) is 4. The number of rotatable bonds is 8. The molecular weight excluding hydrogens is 288 g/mol. The van der Waals surface area contributed by atoms with E-state index in [2.05, 4.69) is 32.7 Å². The predicted molar refractivity (Wildman–Crippen MR) is 83.9 cm³/mol. The zero-order chi connectivity index (χ0) is 16.0. The average molecular weight is 312 g/mol. The van der Waals surface area contributed by atoms with Crippen LogP contribution in [0.5, 0.6) is 0 Å².